The molecule has 1 saturated carbocycles. The zero-order valence-electron chi connectivity index (χ0n) is 13.0. The van der Waals surface area contributed by atoms with E-state index in [-0.39, 0.29) is 11.6 Å². The molecule has 1 aliphatic carbocycles. The maximum absolute atomic E-state index is 13.7. The van der Waals surface area contributed by atoms with Gasteiger partial charge in [-0.05, 0) is 55.7 Å². The number of aryl methyl sites for hydroxylation is 1. The molecule has 6 heteroatoms. The van der Waals surface area contributed by atoms with Crippen molar-refractivity contribution in [1.82, 2.24) is 0 Å². The summed E-state index contributed by atoms with van der Waals surface area (Å²) < 4.78 is 14.6. The van der Waals surface area contributed by atoms with Gasteiger partial charge in [0.2, 0.25) is 11.8 Å². The van der Waals surface area contributed by atoms with Crippen LogP contribution >= 0.6 is 15.9 Å². The molecule has 0 atom stereocenters. The normalized spacial score (nSPS) is 14.8. The van der Waals surface area contributed by atoms with Gasteiger partial charge in [0, 0.05) is 10.2 Å². The highest BCUT2D eigenvalue weighted by Crippen LogP contribution is 2.47. The minimum absolute atomic E-state index is 0.0846. The summed E-state index contributed by atoms with van der Waals surface area (Å²) in [7, 11) is 0. The van der Waals surface area contributed by atoms with E-state index in [1.807, 2.05) is 19.1 Å². The van der Waals surface area contributed by atoms with Crippen LogP contribution in [-0.4, -0.2) is 11.8 Å². The first kappa shape index (κ1) is 16.6. The molecule has 0 aromatic heterocycles. The van der Waals surface area contributed by atoms with Gasteiger partial charge >= 0.3 is 0 Å². The van der Waals surface area contributed by atoms with E-state index in [1.165, 1.54) is 12.1 Å². The number of hydrogen-bond acceptors (Lipinski definition) is 2. The Morgan fingerprint density at radius 1 is 1.04 bits per heavy atom. The van der Waals surface area contributed by atoms with Gasteiger partial charge in [-0.2, -0.15) is 0 Å². The van der Waals surface area contributed by atoms with Crippen LogP contribution in [0.1, 0.15) is 18.4 Å². The van der Waals surface area contributed by atoms with E-state index in [9.17, 15) is 14.0 Å². The molecule has 2 aromatic carbocycles. The first-order chi connectivity index (χ1) is 11.4. The van der Waals surface area contributed by atoms with Crippen LogP contribution in [-0.2, 0) is 9.59 Å². The third kappa shape index (κ3) is 3.19. The van der Waals surface area contributed by atoms with Crippen molar-refractivity contribution in [3.8, 4) is 0 Å². The van der Waals surface area contributed by atoms with Crippen molar-refractivity contribution in [1.29, 1.82) is 0 Å². The Morgan fingerprint density at radius 3 is 2.25 bits per heavy atom. The lowest BCUT2D eigenvalue weighted by Gasteiger charge is -2.17. The van der Waals surface area contributed by atoms with E-state index >= 15 is 0 Å². The van der Waals surface area contributed by atoms with Crippen LogP contribution < -0.4 is 10.6 Å². The summed E-state index contributed by atoms with van der Waals surface area (Å²) in [6.45, 7) is 1.87. The molecule has 0 aliphatic heterocycles. The van der Waals surface area contributed by atoms with Gasteiger partial charge in [-0.25, -0.2) is 4.39 Å². The summed E-state index contributed by atoms with van der Waals surface area (Å²) in [5, 5.41) is 5.33. The lowest BCUT2D eigenvalue weighted by atomic mass is 10.0. The summed E-state index contributed by atoms with van der Waals surface area (Å²) in [6.07, 6.45) is 0.906. The van der Waals surface area contributed by atoms with E-state index < -0.39 is 17.1 Å². The minimum Gasteiger partial charge on any atom is -0.325 e. The zero-order chi connectivity index (χ0) is 17.3. The van der Waals surface area contributed by atoms with E-state index in [2.05, 4.69) is 26.6 Å². The highest BCUT2D eigenvalue weighted by Gasteiger charge is 2.56. The van der Waals surface area contributed by atoms with E-state index in [4.69, 9.17) is 0 Å². The molecule has 0 unspecified atom stereocenters. The molecule has 4 nitrogen and oxygen atoms in total. The lowest BCUT2D eigenvalue weighted by Crippen LogP contribution is -2.36. The fourth-order valence-electron chi connectivity index (χ4n) is 2.50. The number of nitrogens with one attached hydrogen (secondary N) is 2. The number of halogens is 2. The number of para-hydroxylation sites is 1. The number of hydrogen-bond donors (Lipinski definition) is 2. The van der Waals surface area contributed by atoms with Crippen LogP contribution in [0.3, 0.4) is 0 Å². The molecule has 2 N–H and O–H groups in total. The number of carbonyl (C=O) groups excluding carboxylic acids is 2. The standard InChI is InChI=1S/C18H16BrFN2O2/c1-11-10-12(19)6-7-14(11)21-16(23)18(8-9-18)17(24)22-15-5-3-2-4-13(15)20/h2-7,10H,8-9H2,1H3,(H,21,23)(H,22,24). The SMILES string of the molecule is Cc1cc(Br)ccc1NC(=O)C1(C(=O)Nc2ccccc2F)CC1. The van der Waals surface area contributed by atoms with E-state index in [0.717, 1.165) is 10.0 Å². The quantitative estimate of drug-likeness (QED) is 0.766. The molecule has 0 bridgehead atoms. The predicted octanol–water partition coefficient (Wildman–Crippen LogP) is 4.25. The Morgan fingerprint density at radius 2 is 1.67 bits per heavy atom. The van der Waals surface area contributed by atoms with Crippen LogP contribution in [0.5, 0.6) is 0 Å². The van der Waals surface area contributed by atoms with Crippen molar-refractivity contribution >= 4 is 39.1 Å². The van der Waals surface area contributed by atoms with Crippen molar-refractivity contribution < 1.29 is 14.0 Å². The van der Waals surface area contributed by atoms with Crippen molar-refractivity contribution in [2.24, 2.45) is 5.41 Å². The topological polar surface area (TPSA) is 58.2 Å². The Labute approximate surface area is 147 Å². The van der Waals surface area contributed by atoms with E-state index in [1.54, 1.807) is 18.2 Å². The average Bonchev–Trinajstić information content (AvgIpc) is 3.34. The maximum atomic E-state index is 13.7. The third-order valence-corrected chi connectivity index (χ3v) is 4.67. The monoisotopic (exact) mass is 390 g/mol. The summed E-state index contributed by atoms with van der Waals surface area (Å²) >= 11 is 3.37. The summed E-state index contributed by atoms with van der Waals surface area (Å²) in [5.41, 5.74) is 0.513. The van der Waals surface area contributed by atoms with Gasteiger partial charge < -0.3 is 10.6 Å². The van der Waals surface area contributed by atoms with Gasteiger partial charge in [-0.3, -0.25) is 9.59 Å². The van der Waals surface area contributed by atoms with Crippen LogP contribution in [0.25, 0.3) is 0 Å². The van der Waals surface area contributed by atoms with Crippen LogP contribution in [0, 0.1) is 18.2 Å². The van der Waals surface area contributed by atoms with Crippen LogP contribution in [0.2, 0.25) is 0 Å². The fraction of sp³-hybridized carbons (Fsp3) is 0.222. The van der Waals surface area contributed by atoms with Crippen LogP contribution in [0.4, 0.5) is 15.8 Å². The largest absolute Gasteiger partial charge is 0.325 e. The van der Waals surface area contributed by atoms with Crippen molar-refractivity contribution in [2.75, 3.05) is 10.6 Å². The summed E-state index contributed by atoms with van der Waals surface area (Å²) in [4.78, 5) is 25.0. The Balaban J connectivity index is 1.74. The summed E-state index contributed by atoms with van der Waals surface area (Å²) in [6, 6.07) is 11.4. The number of anilines is 2. The molecular formula is C18H16BrFN2O2. The van der Waals surface area contributed by atoms with E-state index in [0.29, 0.717) is 18.5 Å². The molecule has 0 saturated heterocycles. The van der Waals surface area contributed by atoms with Crippen molar-refractivity contribution in [3.05, 3.63) is 58.3 Å². The second-order valence-electron chi connectivity index (χ2n) is 5.93. The smallest absolute Gasteiger partial charge is 0.240 e. The minimum atomic E-state index is -1.12. The van der Waals surface area contributed by atoms with Crippen molar-refractivity contribution in [3.63, 3.8) is 0 Å². The van der Waals surface area contributed by atoms with Gasteiger partial charge in [0.25, 0.3) is 0 Å². The highest BCUT2D eigenvalue weighted by molar-refractivity contribution is 9.10. The van der Waals surface area contributed by atoms with Gasteiger partial charge in [0.05, 0.1) is 5.69 Å². The Kier molecular flexibility index (Phi) is 4.41. The molecule has 2 amide bonds. The molecule has 124 valence electrons. The van der Waals surface area contributed by atoms with Crippen LogP contribution in [0.15, 0.2) is 46.9 Å². The molecule has 3 rings (SSSR count). The van der Waals surface area contributed by atoms with Gasteiger partial charge in [-0.15, -0.1) is 0 Å². The molecule has 1 aliphatic rings. The highest BCUT2D eigenvalue weighted by atomic mass is 79.9. The molecular weight excluding hydrogens is 375 g/mol. The Hall–Kier alpha value is -2.21. The molecule has 24 heavy (non-hydrogen) atoms. The second kappa shape index (κ2) is 6.36. The van der Waals surface area contributed by atoms with Gasteiger partial charge in [0.15, 0.2) is 0 Å². The van der Waals surface area contributed by atoms with Gasteiger partial charge in [-0.1, -0.05) is 28.1 Å². The molecule has 2 aromatic rings. The van der Waals surface area contributed by atoms with Gasteiger partial charge in [0.1, 0.15) is 11.2 Å². The first-order valence-corrected chi connectivity index (χ1v) is 8.35. The summed E-state index contributed by atoms with van der Waals surface area (Å²) in [5.74, 6) is -1.35. The number of carbonyl (C=O) groups is 2. The average molecular weight is 391 g/mol. The Bertz CT molecular complexity index is 818. The zero-order valence-corrected chi connectivity index (χ0v) is 14.6. The molecule has 0 heterocycles. The number of rotatable bonds is 4. The maximum Gasteiger partial charge on any atom is 0.240 e. The first-order valence-electron chi connectivity index (χ1n) is 7.56. The number of benzene rings is 2. The number of amides is 2. The second-order valence-corrected chi connectivity index (χ2v) is 6.85. The molecule has 1 fully saturated rings. The lowest BCUT2D eigenvalue weighted by molar-refractivity contribution is -0.131. The molecule has 0 radical (unpaired) electrons. The molecule has 0 spiro atoms. The fourth-order valence-corrected chi connectivity index (χ4v) is 2.97. The third-order valence-electron chi connectivity index (χ3n) is 4.18. The predicted molar refractivity (Wildman–Crippen MR) is 94.2 cm³/mol. The van der Waals surface area contributed by atoms with Crippen molar-refractivity contribution in [2.45, 2.75) is 19.8 Å².